The van der Waals surface area contributed by atoms with Crippen LogP contribution in [0.2, 0.25) is 0 Å². The quantitative estimate of drug-likeness (QED) is 0.799. The summed E-state index contributed by atoms with van der Waals surface area (Å²) in [6, 6.07) is 9.79. The highest BCUT2D eigenvalue weighted by Gasteiger charge is 2.47. The zero-order valence-electron chi connectivity index (χ0n) is 12.1. The molecule has 0 spiro atoms. The van der Waals surface area contributed by atoms with E-state index in [0.29, 0.717) is 6.54 Å². The number of carbonyl (C=O) groups is 1. The molecule has 0 aliphatic carbocycles. The van der Waals surface area contributed by atoms with Crippen LogP contribution in [0.3, 0.4) is 0 Å². The first-order valence-corrected chi connectivity index (χ1v) is 9.04. The number of amides is 1. The van der Waals surface area contributed by atoms with E-state index in [4.69, 9.17) is 0 Å². The van der Waals surface area contributed by atoms with Crippen molar-refractivity contribution >= 4 is 15.7 Å². The van der Waals surface area contributed by atoms with Gasteiger partial charge in [0.25, 0.3) is 0 Å². The molecule has 2 fully saturated rings. The van der Waals surface area contributed by atoms with Crippen LogP contribution in [0.15, 0.2) is 30.3 Å². The highest BCUT2D eigenvalue weighted by molar-refractivity contribution is 7.91. The maximum Gasteiger partial charge on any atom is 0.219 e. The minimum Gasteiger partial charge on any atom is -0.336 e. The largest absolute Gasteiger partial charge is 0.336 e. The molecule has 2 saturated heterocycles. The van der Waals surface area contributed by atoms with Gasteiger partial charge in [0.2, 0.25) is 5.91 Å². The maximum absolute atomic E-state index is 12.0. The molecule has 0 saturated carbocycles. The SMILES string of the molecule is CC(=O)N1CCN(Cc2ccccc2)[C@@H]2CS(=O)(=O)C[C@@H]21. The Labute approximate surface area is 125 Å². The molecule has 2 aliphatic rings. The third kappa shape index (κ3) is 2.96. The molecule has 114 valence electrons. The van der Waals surface area contributed by atoms with Crippen LogP contribution >= 0.6 is 0 Å². The molecule has 1 amide bonds. The summed E-state index contributed by atoms with van der Waals surface area (Å²) in [5, 5.41) is 0. The monoisotopic (exact) mass is 308 g/mol. The van der Waals surface area contributed by atoms with Crippen molar-refractivity contribution < 1.29 is 13.2 Å². The number of fused-ring (bicyclic) bond motifs is 1. The first-order chi connectivity index (χ1) is 9.96. The van der Waals surface area contributed by atoms with Gasteiger partial charge in [-0.05, 0) is 5.56 Å². The summed E-state index contributed by atoms with van der Waals surface area (Å²) >= 11 is 0. The first kappa shape index (κ1) is 14.5. The van der Waals surface area contributed by atoms with Crippen LogP contribution in [0.5, 0.6) is 0 Å². The van der Waals surface area contributed by atoms with E-state index >= 15 is 0 Å². The maximum atomic E-state index is 12.0. The fourth-order valence-electron chi connectivity index (χ4n) is 3.43. The molecule has 2 aliphatic heterocycles. The highest BCUT2D eigenvalue weighted by Crippen LogP contribution is 2.28. The second-order valence-electron chi connectivity index (χ2n) is 5.88. The van der Waals surface area contributed by atoms with Crippen LogP contribution in [0.4, 0.5) is 0 Å². The van der Waals surface area contributed by atoms with Gasteiger partial charge < -0.3 is 4.90 Å². The lowest BCUT2D eigenvalue weighted by Crippen LogP contribution is -2.59. The zero-order valence-corrected chi connectivity index (χ0v) is 12.9. The standard InChI is InChI=1S/C15H20N2O3S/c1-12(18)17-8-7-16(9-13-5-3-2-4-6-13)14-10-21(19,20)11-15(14)17/h2-6,14-15H,7-11H2,1H3/t14-,15+/m1/s1. The van der Waals surface area contributed by atoms with Crippen LogP contribution in [0.1, 0.15) is 12.5 Å². The Bertz CT molecular complexity index is 630. The van der Waals surface area contributed by atoms with Crippen LogP contribution < -0.4 is 0 Å². The predicted octanol–water partition coefficient (Wildman–Crippen LogP) is 0.516. The Morgan fingerprint density at radius 3 is 2.48 bits per heavy atom. The van der Waals surface area contributed by atoms with E-state index < -0.39 is 9.84 Å². The normalized spacial score (nSPS) is 28.3. The molecule has 1 aromatic rings. The molecule has 0 N–H and O–H groups in total. The number of rotatable bonds is 2. The Morgan fingerprint density at radius 1 is 1.14 bits per heavy atom. The Morgan fingerprint density at radius 2 is 1.81 bits per heavy atom. The van der Waals surface area contributed by atoms with Gasteiger partial charge in [-0.2, -0.15) is 0 Å². The Kier molecular flexibility index (Phi) is 3.75. The third-order valence-corrected chi connectivity index (χ3v) is 6.12. The van der Waals surface area contributed by atoms with Crippen molar-refractivity contribution in [1.82, 2.24) is 9.80 Å². The summed E-state index contributed by atoms with van der Waals surface area (Å²) in [4.78, 5) is 15.7. The molecule has 2 heterocycles. The number of hydrogen-bond acceptors (Lipinski definition) is 4. The minimum atomic E-state index is -3.06. The molecule has 3 rings (SSSR count). The van der Waals surface area contributed by atoms with Gasteiger partial charge in [0.05, 0.1) is 17.5 Å². The molecule has 2 atom stereocenters. The summed E-state index contributed by atoms with van der Waals surface area (Å²) in [6.07, 6.45) is 0. The van der Waals surface area contributed by atoms with Gasteiger partial charge >= 0.3 is 0 Å². The van der Waals surface area contributed by atoms with Crippen LogP contribution in [0.25, 0.3) is 0 Å². The predicted molar refractivity (Wildman–Crippen MR) is 80.5 cm³/mol. The fraction of sp³-hybridized carbons (Fsp3) is 0.533. The number of nitrogens with zero attached hydrogens (tertiary/aromatic N) is 2. The van der Waals surface area contributed by atoms with E-state index in [2.05, 4.69) is 17.0 Å². The summed E-state index contributed by atoms with van der Waals surface area (Å²) in [5.74, 6) is 0.234. The number of hydrogen-bond donors (Lipinski definition) is 0. The van der Waals surface area contributed by atoms with Gasteiger partial charge in [0, 0.05) is 32.6 Å². The molecule has 0 radical (unpaired) electrons. The summed E-state index contributed by atoms with van der Waals surface area (Å²) in [6.45, 7) is 3.60. The molecule has 0 unspecified atom stereocenters. The molecule has 1 aromatic carbocycles. The topological polar surface area (TPSA) is 57.7 Å². The Balaban J connectivity index is 1.83. The second kappa shape index (κ2) is 5.42. The lowest BCUT2D eigenvalue weighted by Gasteiger charge is -2.43. The highest BCUT2D eigenvalue weighted by atomic mass is 32.2. The van der Waals surface area contributed by atoms with E-state index in [1.54, 1.807) is 4.90 Å². The van der Waals surface area contributed by atoms with E-state index in [-0.39, 0.29) is 29.5 Å². The minimum absolute atomic E-state index is 0.0264. The molecular weight excluding hydrogens is 288 g/mol. The molecular formula is C15H20N2O3S. The molecule has 0 bridgehead atoms. The summed E-state index contributed by atoms with van der Waals surface area (Å²) in [5.41, 5.74) is 1.18. The zero-order chi connectivity index (χ0) is 15.0. The van der Waals surface area contributed by atoms with Crippen molar-refractivity contribution in [3.05, 3.63) is 35.9 Å². The molecule has 6 heteroatoms. The fourth-order valence-corrected chi connectivity index (χ4v) is 5.44. The molecule has 5 nitrogen and oxygen atoms in total. The lowest BCUT2D eigenvalue weighted by atomic mass is 10.0. The van der Waals surface area contributed by atoms with Gasteiger partial charge in [0.1, 0.15) is 0 Å². The van der Waals surface area contributed by atoms with E-state index in [1.807, 2.05) is 18.2 Å². The van der Waals surface area contributed by atoms with Crippen molar-refractivity contribution in [3.8, 4) is 0 Å². The van der Waals surface area contributed by atoms with Crippen molar-refractivity contribution in [2.75, 3.05) is 24.6 Å². The number of carbonyl (C=O) groups excluding carboxylic acids is 1. The smallest absolute Gasteiger partial charge is 0.219 e. The van der Waals surface area contributed by atoms with Gasteiger partial charge in [-0.1, -0.05) is 30.3 Å². The van der Waals surface area contributed by atoms with Crippen molar-refractivity contribution in [2.24, 2.45) is 0 Å². The van der Waals surface area contributed by atoms with Gasteiger partial charge in [-0.3, -0.25) is 9.69 Å². The van der Waals surface area contributed by atoms with E-state index in [0.717, 1.165) is 13.1 Å². The van der Waals surface area contributed by atoms with E-state index in [9.17, 15) is 13.2 Å². The lowest BCUT2D eigenvalue weighted by molar-refractivity contribution is -0.134. The number of sulfone groups is 1. The van der Waals surface area contributed by atoms with Gasteiger partial charge in [-0.25, -0.2) is 8.42 Å². The second-order valence-corrected chi connectivity index (χ2v) is 8.03. The average molecular weight is 308 g/mol. The summed E-state index contributed by atoms with van der Waals surface area (Å²) in [7, 11) is -3.06. The van der Waals surface area contributed by atoms with Gasteiger partial charge in [-0.15, -0.1) is 0 Å². The van der Waals surface area contributed by atoms with Crippen LogP contribution in [-0.4, -0.2) is 60.8 Å². The van der Waals surface area contributed by atoms with Crippen molar-refractivity contribution in [1.29, 1.82) is 0 Å². The van der Waals surface area contributed by atoms with E-state index in [1.165, 1.54) is 12.5 Å². The molecule has 0 aromatic heterocycles. The Hall–Kier alpha value is -1.40. The van der Waals surface area contributed by atoms with Crippen molar-refractivity contribution in [3.63, 3.8) is 0 Å². The number of benzene rings is 1. The average Bonchev–Trinajstić information content (AvgIpc) is 2.75. The molecule has 21 heavy (non-hydrogen) atoms. The van der Waals surface area contributed by atoms with Gasteiger partial charge in [0.15, 0.2) is 9.84 Å². The third-order valence-electron chi connectivity index (χ3n) is 4.42. The van der Waals surface area contributed by atoms with Crippen LogP contribution in [0, 0.1) is 0 Å². The van der Waals surface area contributed by atoms with Crippen molar-refractivity contribution in [2.45, 2.75) is 25.6 Å². The first-order valence-electron chi connectivity index (χ1n) is 7.22. The summed E-state index contributed by atoms with van der Waals surface area (Å²) < 4.78 is 24.0. The van der Waals surface area contributed by atoms with Crippen LogP contribution in [-0.2, 0) is 21.2 Å². The number of piperazine rings is 1.